The number of benzene rings is 1. The van der Waals surface area contributed by atoms with E-state index in [4.69, 9.17) is 16.3 Å². The first-order valence-electron chi connectivity index (χ1n) is 6.01. The van der Waals surface area contributed by atoms with E-state index in [-0.39, 0.29) is 6.10 Å². The van der Waals surface area contributed by atoms with Crippen molar-refractivity contribution in [3.05, 3.63) is 40.7 Å². The van der Waals surface area contributed by atoms with Crippen LogP contribution in [0.25, 0.3) is 11.4 Å². The number of carbonyl (C=O) groups excluding carboxylic acids is 1. The lowest BCUT2D eigenvalue weighted by Gasteiger charge is -2.05. The van der Waals surface area contributed by atoms with E-state index < -0.39 is 5.97 Å². The largest absolute Gasteiger partial charge is 0.458 e. The Labute approximate surface area is 116 Å². The second kappa shape index (κ2) is 5.45. The molecule has 100 valence electrons. The van der Waals surface area contributed by atoms with E-state index in [1.165, 1.54) is 0 Å². The summed E-state index contributed by atoms with van der Waals surface area (Å²) in [6.07, 6.45) is -0.168. The molecule has 0 unspecified atom stereocenters. The summed E-state index contributed by atoms with van der Waals surface area (Å²) < 4.78 is 5.14. The molecule has 0 amide bonds. The zero-order valence-corrected chi connectivity index (χ0v) is 11.8. The van der Waals surface area contributed by atoms with Gasteiger partial charge in [0.05, 0.1) is 6.10 Å². The van der Waals surface area contributed by atoms with Crippen molar-refractivity contribution in [3.63, 3.8) is 0 Å². The van der Waals surface area contributed by atoms with Gasteiger partial charge in [-0.1, -0.05) is 23.7 Å². The molecule has 0 saturated heterocycles. The summed E-state index contributed by atoms with van der Waals surface area (Å²) in [5.74, 6) is 0.188. The summed E-state index contributed by atoms with van der Waals surface area (Å²) in [4.78, 5) is 19.2. The fourth-order valence-electron chi connectivity index (χ4n) is 1.70. The molecule has 0 radical (unpaired) electrons. The first kappa shape index (κ1) is 13.6. The highest BCUT2D eigenvalue weighted by Crippen LogP contribution is 2.21. The van der Waals surface area contributed by atoms with E-state index in [9.17, 15) is 4.79 Å². The van der Waals surface area contributed by atoms with Crippen molar-refractivity contribution in [2.75, 3.05) is 0 Å². The van der Waals surface area contributed by atoms with Gasteiger partial charge in [0, 0.05) is 16.3 Å². The fourth-order valence-corrected chi connectivity index (χ4v) is 1.89. The van der Waals surface area contributed by atoms with Crippen molar-refractivity contribution < 1.29 is 9.53 Å². The SMILES string of the molecule is Cc1[nH]c(-c2cccc(Cl)c2)nc1C(=O)OC(C)C. The third kappa shape index (κ3) is 3.15. The monoisotopic (exact) mass is 278 g/mol. The highest BCUT2D eigenvalue weighted by atomic mass is 35.5. The minimum atomic E-state index is -0.419. The maximum absolute atomic E-state index is 11.9. The predicted octanol–water partition coefficient (Wildman–Crippen LogP) is 3.60. The molecule has 0 aliphatic carbocycles. The number of imidazole rings is 1. The van der Waals surface area contributed by atoms with Crippen LogP contribution in [0.1, 0.15) is 30.0 Å². The molecular weight excluding hydrogens is 264 g/mol. The van der Waals surface area contributed by atoms with Crippen LogP contribution < -0.4 is 0 Å². The Kier molecular flexibility index (Phi) is 3.90. The topological polar surface area (TPSA) is 55.0 Å². The normalized spacial score (nSPS) is 10.8. The average molecular weight is 279 g/mol. The van der Waals surface area contributed by atoms with Crippen LogP contribution in [0.5, 0.6) is 0 Å². The Hall–Kier alpha value is -1.81. The number of nitrogens with zero attached hydrogens (tertiary/aromatic N) is 1. The Morgan fingerprint density at radius 2 is 2.16 bits per heavy atom. The molecule has 1 heterocycles. The zero-order valence-electron chi connectivity index (χ0n) is 11.0. The summed E-state index contributed by atoms with van der Waals surface area (Å²) in [6.45, 7) is 5.40. The third-order valence-corrected chi connectivity index (χ3v) is 2.75. The Bertz CT molecular complexity index is 605. The number of ether oxygens (including phenoxy) is 1. The molecule has 19 heavy (non-hydrogen) atoms. The molecule has 2 aromatic rings. The van der Waals surface area contributed by atoms with Gasteiger partial charge in [0.2, 0.25) is 0 Å². The summed E-state index contributed by atoms with van der Waals surface area (Å²) >= 11 is 5.94. The molecule has 1 N–H and O–H groups in total. The predicted molar refractivity (Wildman–Crippen MR) is 74.3 cm³/mol. The molecule has 0 saturated carbocycles. The van der Waals surface area contributed by atoms with Crippen molar-refractivity contribution in [1.82, 2.24) is 9.97 Å². The fraction of sp³-hybridized carbons (Fsp3) is 0.286. The van der Waals surface area contributed by atoms with Gasteiger partial charge in [0.25, 0.3) is 0 Å². The molecule has 1 aromatic heterocycles. The van der Waals surface area contributed by atoms with Gasteiger partial charge in [-0.25, -0.2) is 9.78 Å². The molecule has 5 heteroatoms. The van der Waals surface area contributed by atoms with Gasteiger partial charge in [-0.05, 0) is 32.9 Å². The Morgan fingerprint density at radius 1 is 1.42 bits per heavy atom. The summed E-state index contributed by atoms with van der Waals surface area (Å²) in [5.41, 5.74) is 1.82. The van der Waals surface area contributed by atoms with Crippen LogP contribution in [0, 0.1) is 6.92 Å². The van der Waals surface area contributed by atoms with E-state index in [1.54, 1.807) is 32.9 Å². The number of hydrogen-bond donors (Lipinski definition) is 1. The number of rotatable bonds is 3. The van der Waals surface area contributed by atoms with Crippen LogP contribution in [-0.4, -0.2) is 22.0 Å². The number of esters is 1. The van der Waals surface area contributed by atoms with Gasteiger partial charge in [0.15, 0.2) is 5.69 Å². The lowest BCUT2D eigenvalue weighted by Crippen LogP contribution is -2.13. The minimum absolute atomic E-state index is 0.168. The molecule has 0 aliphatic rings. The molecule has 0 bridgehead atoms. The van der Waals surface area contributed by atoms with Gasteiger partial charge in [-0.3, -0.25) is 0 Å². The first-order valence-corrected chi connectivity index (χ1v) is 6.38. The zero-order chi connectivity index (χ0) is 14.0. The van der Waals surface area contributed by atoms with Crippen LogP contribution >= 0.6 is 11.6 Å². The highest BCUT2D eigenvalue weighted by molar-refractivity contribution is 6.30. The number of carbonyl (C=O) groups is 1. The van der Waals surface area contributed by atoms with Crippen molar-refractivity contribution in [3.8, 4) is 11.4 Å². The smallest absolute Gasteiger partial charge is 0.359 e. The maximum atomic E-state index is 11.9. The van der Waals surface area contributed by atoms with E-state index >= 15 is 0 Å². The number of aromatic amines is 1. The molecule has 2 rings (SSSR count). The average Bonchev–Trinajstić information content (AvgIpc) is 2.70. The standard InChI is InChI=1S/C14H15ClN2O2/c1-8(2)19-14(18)12-9(3)16-13(17-12)10-5-4-6-11(15)7-10/h4-8H,1-3H3,(H,16,17). The van der Waals surface area contributed by atoms with Crippen LogP contribution in [0.3, 0.4) is 0 Å². The van der Waals surface area contributed by atoms with Crippen molar-refractivity contribution in [1.29, 1.82) is 0 Å². The summed E-state index contributed by atoms with van der Waals surface area (Å²) in [5, 5.41) is 0.623. The van der Waals surface area contributed by atoms with Crippen molar-refractivity contribution >= 4 is 17.6 Å². The minimum Gasteiger partial charge on any atom is -0.458 e. The van der Waals surface area contributed by atoms with E-state index in [0.717, 1.165) is 5.56 Å². The maximum Gasteiger partial charge on any atom is 0.359 e. The molecule has 0 atom stereocenters. The van der Waals surface area contributed by atoms with Gasteiger partial charge in [-0.2, -0.15) is 0 Å². The van der Waals surface area contributed by atoms with E-state index in [1.807, 2.05) is 12.1 Å². The Balaban J connectivity index is 2.33. The number of halogens is 1. The van der Waals surface area contributed by atoms with E-state index in [2.05, 4.69) is 9.97 Å². The third-order valence-electron chi connectivity index (χ3n) is 2.52. The number of nitrogens with one attached hydrogen (secondary N) is 1. The van der Waals surface area contributed by atoms with Crippen LogP contribution in [-0.2, 0) is 4.74 Å². The van der Waals surface area contributed by atoms with Gasteiger partial charge in [-0.15, -0.1) is 0 Å². The molecule has 0 fully saturated rings. The summed E-state index contributed by atoms with van der Waals surface area (Å²) in [7, 11) is 0. The molecule has 0 spiro atoms. The number of hydrogen-bond acceptors (Lipinski definition) is 3. The molecule has 4 nitrogen and oxygen atoms in total. The van der Waals surface area contributed by atoms with Crippen LogP contribution in [0.15, 0.2) is 24.3 Å². The van der Waals surface area contributed by atoms with Crippen molar-refractivity contribution in [2.24, 2.45) is 0 Å². The number of H-pyrrole nitrogens is 1. The van der Waals surface area contributed by atoms with Gasteiger partial charge >= 0.3 is 5.97 Å². The first-order chi connectivity index (χ1) is 8.97. The quantitative estimate of drug-likeness (QED) is 0.873. The lowest BCUT2D eigenvalue weighted by molar-refractivity contribution is 0.0370. The van der Waals surface area contributed by atoms with Gasteiger partial charge in [0.1, 0.15) is 5.82 Å². The van der Waals surface area contributed by atoms with Crippen molar-refractivity contribution in [2.45, 2.75) is 26.9 Å². The highest BCUT2D eigenvalue weighted by Gasteiger charge is 2.18. The summed E-state index contributed by atoms with van der Waals surface area (Å²) in [6, 6.07) is 7.29. The lowest BCUT2D eigenvalue weighted by atomic mass is 10.2. The van der Waals surface area contributed by atoms with Crippen LogP contribution in [0.2, 0.25) is 5.02 Å². The molecular formula is C14H15ClN2O2. The number of aryl methyl sites for hydroxylation is 1. The molecule has 0 aliphatic heterocycles. The molecule has 1 aromatic carbocycles. The Morgan fingerprint density at radius 3 is 2.79 bits per heavy atom. The second-order valence-corrected chi connectivity index (χ2v) is 4.96. The second-order valence-electron chi connectivity index (χ2n) is 4.52. The van der Waals surface area contributed by atoms with E-state index in [0.29, 0.717) is 22.2 Å². The van der Waals surface area contributed by atoms with Gasteiger partial charge < -0.3 is 9.72 Å². The van der Waals surface area contributed by atoms with Crippen LogP contribution in [0.4, 0.5) is 0 Å². The number of aromatic nitrogens is 2.